The third-order valence-electron chi connectivity index (χ3n) is 2.53. The van der Waals surface area contributed by atoms with Gasteiger partial charge >= 0.3 is 0 Å². The number of hydrogen-bond donors (Lipinski definition) is 0. The second-order valence-corrected chi connectivity index (χ2v) is 3.34. The molecule has 0 bridgehead atoms. The van der Waals surface area contributed by atoms with Crippen LogP contribution in [0.1, 0.15) is 16.1 Å². The van der Waals surface area contributed by atoms with Gasteiger partial charge in [0.1, 0.15) is 7.85 Å². The highest BCUT2D eigenvalue weighted by molar-refractivity contribution is 6.36. The Morgan fingerprint density at radius 2 is 2.00 bits per heavy atom. The zero-order chi connectivity index (χ0) is 9.71. The van der Waals surface area contributed by atoms with Gasteiger partial charge in [-0.25, -0.2) is 0 Å². The lowest BCUT2D eigenvalue weighted by Gasteiger charge is -2.04. The van der Waals surface area contributed by atoms with E-state index in [4.69, 9.17) is 7.85 Å². The van der Waals surface area contributed by atoms with Crippen molar-refractivity contribution in [2.45, 2.75) is 0 Å². The molecule has 0 atom stereocenters. The van der Waals surface area contributed by atoms with Crippen LogP contribution in [0.25, 0.3) is 5.69 Å². The summed E-state index contributed by atoms with van der Waals surface area (Å²) in [6, 6.07) is 9.07. The van der Waals surface area contributed by atoms with Crippen LogP contribution in [0.3, 0.4) is 0 Å². The molecule has 0 spiro atoms. The third kappa shape index (κ3) is 0.745. The number of benzene rings is 1. The molecule has 0 amide bonds. The van der Waals surface area contributed by atoms with E-state index in [0.717, 1.165) is 5.69 Å². The number of fused-ring (bicyclic) bond motifs is 3. The molecule has 0 saturated carbocycles. The molecule has 1 aliphatic rings. The van der Waals surface area contributed by atoms with E-state index in [0.29, 0.717) is 16.7 Å². The van der Waals surface area contributed by atoms with Gasteiger partial charge in [-0.1, -0.05) is 17.6 Å². The van der Waals surface area contributed by atoms with E-state index < -0.39 is 0 Å². The summed E-state index contributed by atoms with van der Waals surface area (Å²) in [6.07, 6.45) is 1.86. The van der Waals surface area contributed by atoms with Gasteiger partial charge in [0.05, 0.1) is 5.69 Å². The summed E-state index contributed by atoms with van der Waals surface area (Å²) in [5.74, 6) is 0.0531. The SMILES string of the molecule is [B]c1cccc2c1-n1cccc1C2=O. The number of rotatable bonds is 0. The summed E-state index contributed by atoms with van der Waals surface area (Å²) in [7, 11) is 5.84. The normalized spacial score (nSPS) is 12.7. The first kappa shape index (κ1) is 7.62. The zero-order valence-corrected chi connectivity index (χ0v) is 7.40. The number of carbonyl (C=O) groups excluding carboxylic acids is 1. The molecule has 2 radical (unpaired) electrons. The van der Waals surface area contributed by atoms with Crippen molar-refractivity contribution in [1.82, 2.24) is 4.57 Å². The number of para-hydroxylation sites is 1. The molecule has 0 aliphatic carbocycles. The predicted molar refractivity (Wildman–Crippen MR) is 54.6 cm³/mol. The topological polar surface area (TPSA) is 22.0 Å². The van der Waals surface area contributed by atoms with E-state index >= 15 is 0 Å². The number of hydrogen-bond acceptors (Lipinski definition) is 1. The Morgan fingerprint density at radius 1 is 1.14 bits per heavy atom. The maximum Gasteiger partial charge on any atom is 0.211 e. The van der Waals surface area contributed by atoms with Gasteiger partial charge in [-0.3, -0.25) is 4.79 Å². The minimum atomic E-state index is 0.0531. The first-order chi connectivity index (χ1) is 6.79. The standard InChI is InChI=1S/C11H6BNO/c12-8-4-1-3-7-10(8)13-6-2-5-9(13)11(7)14/h1-6H. The van der Waals surface area contributed by atoms with Gasteiger partial charge in [0.2, 0.25) is 5.78 Å². The summed E-state index contributed by atoms with van der Waals surface area (Å²) in [4.78, 5) is 11.8. The summed E-state index contributed by atoms with van der Waals surface area (Å²) in [6.45, 7) is 0. The van der Waals surface area contributed by atoms with Gasteiger partial charge in [-0.2, -0.15) is 0 Å². The van der Waals surface area contributed by atoms with E-state index in [9.17, 15) is 4.79 Å². The van der Waals surface area contributed by atoms with Crippen molar-refractivity contribution in [3.05, 3.63) is 47.8 Å². The minimum absolute atomic E-state index is 0.0531. The number of aromatic nitrogens is 1. The molecule has 2 heterocycles. The molecule has 1 aromatic carbocycles. The maximum atomic E-state index is 11.8. The molecule has 3 rings (SSSR count). The Labute approximate surface area is 82.6 Å². The number of ketones is 1. The Bertz CT molecular complexity index is 542. The Kier molecular flexibility index (Phi) is 1.30. The predicted octanol–water partition coefficient (Wildman–Crippen LogP) is 0.816. The minimum Gasteiger partial charge on any atom is -0.314 e. The highest BCUT2D eigenvalue weighted by Crippen LogP contribution is 2.25. The van der Waals surface area contributed by atoms with Crippen LogP contribution in [-0.4, -0.2) is 18.2 Å². The van der Waals surface area contributed by atoms with Crippen molar-refractivity contribution in [2.75, 3.05) is 0 Å². The molecule has 0 unspecified atom stereocenters. The van der Waals surface area contributed by atoms with Crippen molar-refractivity contribution in [3.8, 4) is 5.69 Å². The van der Waals surface area contributed by atoms with E-state index in [1.54, 1.807) is 18.2 Å². The highest BCUT2D eigenvalue weighted by atomic mass is 16.1. The molecule has 1 aliphatic heterocycles. The maximum absolute atomic E-state index is 11.8. The van der Waals surface area contributed by atoms with Gasteiger partial charge in [-0.15, -0.1) is 0 Å². The average Bonchev–Trinajstić information content (AvgIpc) is 2.72. The fraction of sp³-hybridized carbons (Fsp3) is 0. The molecular weight excluding hydrogens is 173 g/mol. The fourth-order valence-electron chi connectivity index (χ4n) is 1.91. The molecule has 0 saturated heterocycles. The largest absolute Gasteiger partial charge is 0.314 e. The second kappa shape index (κ2) is 2.38. The van der Waals surface area contributed by atoms with Crippen LogP contribution in [0.4, 0.5) is 0 Å². The van der Waals surface area contributed by atoms with Crippen LogP contribution in [-0.2, 0) is 0 Å². The Balaban J connectivity index is 2.46. The average molecular weight is 179 g/mol. The molecule has 1 aromatic heterocycles. The van der Waals surface area contributed by atoms with E-state index in [1.165, 1.54) is 0 Å². The van der Waals surface area contributed by atoms with Gasteiger partial charge in [0, 0.05) is 17.4 Å². The number of carbonyl (C=O) groups is 1. The van der Waals surface area contributed by atoms with Crippen molar-refractivity contribution >= 4 is 19.1 Å². The quantitative estimate of drug-likeness (QED) is 0.468. The molecule has 64 valence electrons. The van der Waals surface area contributed by atoms with Crippen LogP contribution >= 0.6 is 0 Å². The van der Waals surface area contributed by atoms with E-state index in [1.807, 2.05) is 22.9 Å². The summed E-state index contributed by atoms with van der Waals surface area (Å²) in [5, 5.41) is 0. The molecule has 14 heavy (non-hydrogen) atoms. The highest BCUT2D eigenvalue weighted by Gasteiger charge is 2.26. The van der Waals surface area contributed by atoms with Crippen LogP contribution in [0.15, 0.2) is 36.5 Å². The van der Waals surface area contributed by atoms with Crippen LogP contribution in [0, 0.1) is 0 Å². The van der Waals surface area contributed by atoms with Gasteiger partial charge in [-0.05, 0) is 18.2 Å². The van der Waals surface area contributed by atoms with Gasteiger partial charge in [0.15, 0.2) is 0 Å². The molecule has 2 nitrogen and oxygen atoms in total. The summed E-state index contributed by atoms with van der Waals surface area (Å²) in [5.41, 5.74) is 2.85. The number of nitrogens with zero attached hydrogens (tertiary/aromatic N) is 1. The lowest BCUT2D eigenvalue weighted by atomic mass is 9.91. The fourth-order valence-corrected chi connectivity index (χ4v) is 1.91. The summed E-state index contributed by atoms with van der Waals surface area (Å²) >= 11 is 0. The van der Waals surface area contributed by atoms with Crippen LogP contribution in [0.2, 0.25) is 0 Å². The molecular formula is C11H6BNO. The van der Waals surface area contributed by atoms with Crippen LogP contribution in [0.5, 0.6) is 0 Å². The van der Waals surface area contributed by atoms with Gasteiger partial charge in [0.25, 0.3) is 0 Å². The van der Waals surface area contributed by atoms with E-state index in [2.05, 4.69) is 0 Å². The van der Waals surface area contributed by atoms with Crippen molar-refractivity contribution < 1.29 is 4.79 Å². The lowest BCUT2D eigenvalue weighted by molar-refractivity contribution is 0.104. The second-order valence-electron chi connectivity index (χ2n) is 3.34. The molecule has 3 heteroatoms. The molecule has 0 fully saturated rings. The first-order valence-corrected chi connectivity index (χ1v) is 4.40. The third-order valence-corrected chi connectivity index (χ3v) is 2.53. The van der Waals surface area contributed by atoms with E-state index in [-0.39, 0.29) is 5.78 Å². The van der Waals surface area contributed by atoms with Crippen molar-refractivity contribution in [2.24, 2.45) is 0 Å². The monoisotopic (exact) mass is 179 g/mol. The summed E-state index contributed by atoms with van der Waals surface area (Å²) < 4.78 is 1.84. The van der Waals surface area contributed by atoms with Crippen molar-refractivity contribution in [3.63, 3.8) is 0 Å². The van der Waals surface area contributed by atoms with Crippen LogP contribution < -0.4 is 5.46 Å². The van der Waals surface area contributed by atoms with Crippen molar-refractivity contribution in [1.29, 1.82) is 0 Å². The molecule has 2 aromatic rings. The van der Waals surface area contributed by atoms with Gasteiger partial charge < -0.3 is 4.57 Å². The Hall–Kier alpha value is -1.77. The Morgan fingerprint density at radius 3 is 2.86 bits per heavy atom. The zero-order valence-electron chi connectivity index (χ0n) is 7.40. The molecule has 0 N–H and O–H groups in total. The lowest BCUT2D eigenvalue weighted by Crippen LogP contribution is -2.10. The first-order valence-electron chi connectivity index (χ1n) is 4.40. The smallest absolute Gasteiger partial charge is 0.211 e.